The van der Waals surface area contributed by atoms with Gasteiger partial charge in [-0.2, -0.15) is 0 Å². The van der Waals surface area contributed by atoms with Crippen LogP contribution in [0.25, 0.3) is 11.0 Å². The molecule has 2 aromatic heterocycles. The van der Waals surface area contributed by atoms with E-state index in [4.69, 9.17) is 11.5 Å². The van der Waals surface area contributed by atoms with Gasteiger partial charge < -0.3 is 16.0 Å². The highest BCUT2D eigenvalue weighted by atomic mass is 15.1. The SMILES string of the molecule is NCC1CC(n2ccc3c(N)ncnc32)C1. The number of hydrogen-bond acceptors (Lipinski definition) is 4. The molecule has 2 heterocycles. The highest BCUT2D eigenvalue weighted by Gasteiger charge is 2.30. The predicted octanol–water partition coefficient (Wildman–Crippen LogP) is 0.923. The first kappa shape index (κ1) is 9.59. The molecule has 0 amide bonds. The van der Waals surface area contributed by atoms with Crippen molar-refractivity contribution < 1.29 is 0 Å². The lowest BCUT2D eigenvalue weighted by Crippen LogP contribution is -2.31. The molecule has 84 valence electrons. The molecule has 3 rings (SSSR count). The number of nitrogens with zero attached hydrogens (tertiary/aromatic N) is 3. The van der Waals surface area contributed by atoms with E-state index in [-0.39, 0.29) is 0 Å². The summed E-state index contributed by atoms with van der Waals surface area (Å²) >= 11 is 0. The fourth-order valence-corrected chi connectivity index (χ4v) is 2.41. The number of nitrogen functional groups attached to an aromatic ring is 1. The number of fused-ring (bicyclic) bond motifs is 1. The van der Waals surface area contributed by atoms with E-state index in [1.54, 1.807) is 0 Å². The van der Waals surface area contributed by atoms with Crippen molar-refractivity contribution in [2.75, 3.05) is 12.3 Å². The van der Waals surface area contributed by atoms with Crippen LogP contribution < -0.4 is 11.5 Å². The molecular weight excluding hydrogens is 202 g/mol. The zero-order valence-corrected chi connectivity index (χ0v) is 9.00. The van der Waals surface area contributed by atoms with Gasteiger partial charge in [0.25, 0.3) is 0 Å². The number of anilines is 1. The van der Waals surface area contributed by atoms with Gasteiger partial charge in [0, 0.05) is 12.2 Å². The van der Waals surface area contributed by atoms with Crippen molar-refractivity contribution in [3.05, 3.63) is 18.6 Å². The summed E-state index contributed by atoms with van der Waals surface area (Å²) in [5.74, 6) is 1.22. The standard InChI is InChI=1S/C11H15N5/c12-5-7-3-8(4-7)16-2-1-9-10(13)14-6-15-11(9)16/h1-2,6-8H,3-5,12H2,(H2,13,14,15). The van der Waals surface area contributed by atoms with Gasteiger partial charge in [0.1, 0.15) is 17.8 Å². The lowest BCUT2D eigenvalue weighted by Gasteiger charge is -2.35. The van der Waals surface area contributed by atoms with Crippen LogP contribution in [0, 0.1) is 5.92 Å². The van der Waals surface area contributed by atoms with Crippen LogP contribution >= 0.6 is 0 Å². The van der Waals surface area contributed by atoms with E-state index in [1.165, 1.54) is 6.33 Å². The Labute approximate surface area is 93.5 Å². The van der Waals surface area contributed by atoms with E-state index in [0.717, 1.165) is 30.4 Å². The summed E-state index contributed by atoms with van der Waals surface area (Å²) in [4.78, 5) is 8.28. The molecule has 4 N–H and O–H groups in total. The fraction of sp³-hybridized carbons (Fsp3) is 0.455. The molecule has 0 aromatic carbocycles. The predicted molar refractivity (Wildman–Crippen MR) is 62.8 cm³/mol. The lowest BCUT2D eigenvalue weighted by molar-refractivity contribution is 0.208. The van der Waals surface area contributed by atoms with Crippen molar-refractivity contribution in [2.45, 2.75) is 18.9 Å². The third-order valence-electron chi connectivity index (χ3n) is 3.48. The summed E-state index contributed by atoms with van der Waals surface area (Å²) in [7, 11) is 0. The van der Waals surface area contributed by atoms with Crippen LogP contribution in [0.1, 0.15) is 18.9 Å². The second-order valence-electron chi connectivity index (χ2n) is 4.45. The van der Waals surface area contributed by atoms with Gasteiger partial charge in [-0.25, -0.2) is 9.97 Å². The van der Waals surface area contributed by atoms with E-state index in [0.29, 0.717) is 17.8 Å². The van der Waals surface area contributed by atoms with Crippen LogP contribution in [-0.2, 0) is 0 Å². The Hall–Kier alpha value is -1.62. The average molecular weight is 217 g/mol. The molecule has 0 saturated heterocycles. The molecule has 1 saturated carbocycles. The summed E-state index contributed by atoms with van der Waals surface area (Å²) in [6.07, 6.45) is 5.86. The van der Waals surface area contributed by atoms with Crippen molar-refractivity contribution in [2.24, 2.45) is 11.7 Å². The van der Waals surface area contributed by atoms with Gasteiger partial charge >= 0.3 is 0 Å². The van der Waals surface area contributed by atoms with Gasteiger partial charge in [-0.1, -0.05) is 0 Å². The quantitative estimate of drug-likeness (QED) is 0.783. The Morgan fingerprint density at radius 3 is 2.94 bits per heavy atom. The zero-order chi connectivity index (χ0) is 11.1. The maximum Gasteiger partial charge on any atom is 0.145 e. The highest BCUT2D eigenvalue weighted by Crippen LogP contribution is 2.38. The number of rotatable bonds is 2. The van der Waals surface area contributed by atoms with Gasteiger partial charge in [0.2, 0.25) is 0 Å². The number of aromatic nitrogens is 3. The largest absolute Gasteiger partial charge is 0.383 e. The smallest absolute Gasteiger partial charge is 0.145 e. The van der Waals surface area contributed by atoms with Crippen LogP contribution in [0.4, 0.5) is 5.82 Å². The van der Waals surface area contributed by atoms with E-state index in [2.05, 4.69) is 14.5 Å². The van der Waals surface area contributed by atoms with Crippen molar-refractivity contribution in [1.82, 2.24) is 14.5 Å². The van der Waals surface area contributed by atoms with Crippen molar-refractivity contribution >= 4 is 16.9 Å². The van der Waals surface area contributed by atoms with Crippen LogP contribution in [0.15, 0.2) is 18.6 Å². The Kier molecular flexibility index (Phi) is 2.07. The maximum absolute atomic E-state index is 5.80. The third kappa shape index (κ3) is 1.28. The average Bonchev–Trinajstić information content (AvgIpc) is 2.62. The van der Waals surface area contributed by atoms with Crippen molar-refractivity contribution in [1.29, 1.82) is 0 Å². The molecule has 0 aliphatic heterocycles. The first-order valence-corrected chi connectivity index (χ1v) is 5.56. The molecular formula is C11H15N5. The van der Waals surface area contributed by atoms with E-state index in [1.807, 2.05) is 12.3 Å². The third-order valence-corrected chi connectivity index (χ3v) is 3.48. The molecule has 1 aliphatic rings. The summed E-state index contributed by atoms with van der Waals surface area (Å²) in [5, 5.41) is 0.943. The minimum absolute atomic E-state index is 0.528. The summed E-state index contributed by atoms with van der Waals surface area (Å²) in [5.41, 5.74) is 12.4. The van der Waals surface area contributed by atoms with Crippen molar-refractivity contribution in [3.63, 3.8) is 0 Å². The minimum atomic E-state index is 0.528. The fourth-order valence-electron chi connectivity index (χ4n) is 2.41. The Bertz CT molecular complexity index is 512. The van der Waals surface area contributed by atoms with Gasteiger partial charge in [-0.3, -0.25) is 0 Å². The zero-order valence-electron chi connectivity index (χ0n) is 9.00. The number of hydrogen-bond donors (Lipinski definition) is 2. The molecule has 5 heteroatoms. The lowest BCUT2D eigenvalue weighted by atomic mass is 9.80. The van der Waals surface area contributed by atoms with Crippen LogP contribution in [0.2, 0.25) is 0 Å². The van der Waals surface area contributed by atoms with E-state index >= 15 is 0 Å². The Morgan fingerprint density at radius 1 is 1.38 bits per heavy atom. The van der Waals surface area contributed by atoms with Gasteiger partial charge in [-0.15, -0.1) is 0 Å². The molecule has 2 aromatic rings. The Morgan fingerprint density at radius 2 is 2.19 bits per heavy atom. The molecule has 0 radical (unpaired) electrons. The first-order chi connectivity index (χ1) is 7.79. The van der Waals surface area contributed by atoms with Gasteiger partial charge in [0.05, 0.1) is 5.39 Å². The molecule has 5 nitrogen and oxygen atoms in total. The van der Waals surface area contributed by atoms with Gasteiger partial charge in [0.15, 0.2) is 0 Å². The number of nitrogens with two attached hydrogens (primary N) is 2. The highest BCUT2D eigenvalue weighted by molar-refractivity contribution is 5.86. The topological polar surface area (TPSA) is 82.8 Å². The summed E-state index contributed by atoms with van der Waals surface area (Å²) in [6.45, 7) is 0.785. The second-order valence-corrected chi connectivity index (χ2v) is 4.45. The normalized spacial score (nSPS) is 24.6. The minimum Gasteiger partial charge on any atom is -0.383 e. The molecule has 0 spiro atoms. The maximum atomic E-state index is 5.80. The molecule has 1 aliphatic carbocycles. The molecule has 0 bridgehead atoms. The molecule has 1 fully saturated rings. The molecule has 0 unspecified atom stereocenters. The Balaban J connectivity index is 1.97. The first-order valence-electron chi connectivity index (χ1n) is 5.56. The van der Waals surface area contributed by atoms with Gasteiger partial charge in [-0.05, 0) is 31.4 Å². The monoisotopic (exact) mass is 217 g/mol. The summed E-state index contributed by atoms with van der Waals surface area (Å²) < 4.78 is 2.19. The van der Waals surface area contributed by atoms with E-state index in [9.17, 15) is 0 Å². The second kappa shape index (κ2) is 3.45. The van der Waals surface area contributed by atoms with Crippen LogP contribution in [0.5, 0.6) is 0 Å². The van der Waals surface area contributed by atoms with Crippen molar-refractivity contribution in [3.8, 4) is 0 Å². The molecule has 0 atom stereocenters. The van der Waals surface area contributed by atoms with Crippen LogP contribution in [-0.4, -0.2) is 21.1 Å². The van der Waals surface area contributed by atoms with E-state index < -0.39 is 0 Å². The molecule has 16 heavy (non-hydrogen) atoms. The van der Waals surface area contributed by atoms with Crippen LogP contribution in [0.3, 0.4) is 0 Å². The summed E-state index contributed by atoms with van der Waals surface area (Å²) in [6, 6.07) is 2.51.